The number of benzene rings is 1. The number of rotatable bonds is 8. The van der Waals surface area contributed by atoms with Gasteiger partial charge in [0.15, 0.2) is 5.82 Å². The maximum Gasteiger partial charge on any atom is 0.407 e. The third-order valence-corrected chi connectivity index (χ3v) is 8.66. The zero-order chi connectivity index (χ0) is 31.6. The van der Waals surface area contributed by atoms with Crippen LogP contribution in [0.3, 0.4) is 0 Å². The minimum Gasteiger partial charge on any atom is -0.465 e. The number of imidazole rings is 2. The normalized spacial score (nSPS) is 21.2. The van der Waals surface area contributed by atoms with E-state index < -0.39 is 29.5 Å². The Morgan fingerprint density at radius 1 is 1.11 bits per heavy atom. The van der Waals surface area contributed by atoms with E-state index in [4.69, 9.17) is 9.72 Å². The number of hydrogen-bond donors (Lipinski definition) is 1. The van der Waals surface area contributed by atoms with Gasteiger partial charge < -0.3 is 33.7 Å². The average molecular weight is 608 g/mol. The zero-order valence-corrected chi connectivity index (χ0v) is 26.4. The minimum atomic E-state index is -1.08. The van der Waals surface area contributed by atoms with E-state index in [9.17, 15) is 19.5 Å². The molecule has 5 rings (SSSR count). The molecule has 3 amide bonds. The standard InChI is InChI=1S/C32H45N7O5/c1-22(2)19-38(30(41)28-34-24-8-6-7-9-25(24)37(28)13-12-35-11-10-33-21-35)26-18-23(29(40)36-14-16-44-17-15-36)20-39(31(42)43)27(26)32(3,4)5/h6-11,21-23,26-27H,12-20H2,1-5H3,(H,42,43)/t23-,26+,27?/m1/s1. The number of piperidine rings is 1. The number of hydrogen-bond acceptors (Lipinski definition) is 6. The van der Waals surface area contributed by atoms with Crippen LogP contribution in [0.1, 0.15) is 51.7 Å². The number of ether oxygens (including phenoxy) is 1. The molecule has 12 heteroatoms. The molecule has 238 valence electrons. The van der Waals surface area contributed by atoms with Crippen LogP contribution in [0.15, 0.2) is 43.0 Å². The molecule has 1 unspecified atom stereocenters. The van der Waals surface area contributed by atoms with Crippen molar-refractivity contribution in [2.75, 3.05) is 39.4 Å². The van der Waals surface area contributed by atoms with Gasteiger partial charge in [0.2, 0.25) is 5.91 Å². The first kappa shape index (κ1) is 31.5. The number of amides is 3. The molecule has 0 radical (unpaired) electrons. The van der Waals surface area contributed by atoms with E-state index in [-0.39, 0.29) is 24.3 Å². The molecule has 2 aromatic heterocycles. The number of aryl methyl sites for hydroxylation is 2. The lowest BCUT2D eigenvalue weighted by Gasteiger charge is -2.52. The van der Waals surface area contributed by atoms with E-state index >= 15 is 0 Å². The molecule has 1 N–H and O–H groups in total. The first-order valence-electron chi connectivity index (χ1n) is 15.5. The number of fused-ring (bicyclic) bond motifs is 1. The smallest absolute Gasteiger partial charge is 0.407 e. The summed E-state index contributed by atoms with van der Waals surface area (Å²) in [6.07, 6.45) is 4.64. The first-order valence-corrected chi connectivity index (χ1v) is 15.5. The maximum atomic E-state index is 14.8. The lowest BCUT2D eigenvalue weighted by molar-refractivity contribution is -0.144. The van der Waals surface area contributed by atoms with Gasteiger partial charge in [-0.2, -0.15) is 0 Å². The number of carbonyl (C=O) groups excluding carboxylic acids is 2. The highest BCUT2D eigenvalue weighted by Gasteiger charge is 2.50. The van der Waals surface area contributed by atoms with Gasteiger partial charge >= 0.3 is 6.09 Å². The predicted molar refractivity (Wildman–Crippen MR) is 165 cm³/mol. The fourth-order valence-electron chi connectivity index (χ4n) is 6.80. The van der Waals surface area contributed by atoms with Crippen LogP contribution in [-0.4, -0.2) is 108 Å². The van der Waals surface area contributed by atoms with Gasteiger partial charge in [-0.1, -0.05) is 46.8 Å². The minimum absolute atomic E-state index is 0.0820. The number of likely N-dealkylation sites (tertiary alicyclic amines) is 1. The molecule has 2 fully saturated rings. The van der Waals surface area contributed by atoms with Crippen molar-refractivity contribution in [3.05, 3.63) is 48.8 Å². The van der Waals surface area contributed by atoms with Crippen LogP contribution >= 0.6 is 0 Å². The van der Waals surface area contributed by atoms with E-state index in [1.807, 2.05) is 79.1 Å². The van der Waals surface area contributed by atoms with Gasteiger partial charge in [-0.3, -0.25) is 9.59 Å². The Morgan fingerprint density at radius 3 is 2.48 bits per heavy atom. The van der Waals surface area contributed by atoms with E-state index in [0.29, 0.717) is 58.2 Å². The Bertz CT molecular complexity index is 1460. The molecule has 1 aromatic carbocycles. The Kier molecular flexibility index (Phi) is 9.28. The summed E-state index contributed by atoms with van der Waals surface area (Å²) in [6, 6.07) is 6.63. The van der Waals surface area contributed by atoms with Gasteiger partial charge in [0, 0.05) is 51.7 Å². The van der Waals surface area contributed by atoms with Gasteiger partial charge in [0.05, 0.1) is 48.6 Å². The molecule has 12 nitrogen and oxygen atoms in total. The number of carbonyl (C=O) groups is 3. The number of morpholine rings is 1. The second kappa shape index (κ2) is 13.0. The zero-order valence-electron chi connectivity index (χ0n) is 26.4. The summed E-state index contributed by atoms with van der Waals surface area (Å²) in [5, 5.41) is 10.5. The molecule has 0 saturated carbocycles. The molecule has 0 spiro atoms. The van der Waals surface area contributed by atoms with Crippen LogP contribution in [0.2, 0.25) is 0 Å². The molecule has 2 aliphatic heterocycles. The molecule has 0 bridgehead atoms. The van der Waals surface area contributed by atoms with Gasteiger partial charge in [-0.25, -0.2) is 14.8 Å². The predicted octanol–water partition coefficient (Wildman–Crippen LogP) is 3.67. The highest BCUT2D eigenvalue weighted by molar-refractivity contribution is 5.95. The van der Waals surface area contributed by atoms with Crippen molar-refractivity contribution in [1.82, 2.24) is 33.8 Å². The summed E-state index contributed by atoms with van der Waals surface area (Å²) < 4.78 is 9.36. The van der Waals surface area contributed by atoms with E-state index in [1.165, 1.54) is 4.90 Å². The molecule has 2 aliphatic rings. The van der Waals surface area contributed by atoms with Gasteiger partial charge in [0.1, 0.15) is 0 Å². The maximum absolute atomic E-state index is 14.8. The SMILES string of the molecule is CC(C)CN(C(=O)c1nc2ccccc2n1CCn1ccnc1)[C@H]1C[C@@H](C(=O)N2CCOCC2)CN(C(=O)O)C1C(C)(C)C. The van der Waals surface area contributed by atoms with Crippen molar-refractivity contribution < 1.29 is 24.2 Å². The fourth-order valence-corrected chi connectivity index (χ4v) is 6.80. The van der Waals surface area contributed by atoms with Gasteiger partial charge in [-0.05, 0) is 29.9 Å². The van der Waals surface area contributed by atoms with Crippen molar-refractivity contribution in [3.8, 4) is 0 Å². The summed E-state index contributed by atoms with van der Waals surface area (Å²) in [5.41, 5.74) is 1.06. The van der Waals surface area contributed by atoms with Crippen LogP contribution in [0, 0.1) is 17.3 Å². The lowest BCUT2D eigenvalue weighted by atomic mass is 9.74. The van der Waals surface area contributed by atoms with E-state index in [1.54, 1.807) is 17.4 Å². The molecular weight excluding hydrogens is 562 g/mol. The lowest BCUT2D eigenvalue weighted by Crippen LogP contribution is -2.66. The molecule has 2 saturated heterocycles. The van der Waals surface area contributed by atoms with Crippen LogP contribution in [-0.2, 0) is 22.6 Å². The van der Waals surface area contributed by atoms with Crippen molar-refractivity contribution >= 4 is 28.9 Å². The number of carboxylic acid groups (broad SMARTS) is 1. The van der Waals surface area contributed by atoms with Crippen molar-refractivity contribution in [2.24, 2.45) is 17.3 Å². The van der Waals surface area contributed by atoms with Gasteiger partial charge in [0.25, 0.3) is 5.91 Å². The largest absolute Gasteiger partial charge is 0.465 e. The topological polar surface area (TPSA) is 126 Å². The number of aromatic nitrogens is 4. The molecular formula is C32H45N7O5. The summed E-state index contributed by atoms with van der Waals surface area (Å²) in [6.45, 7) is 13.6. The number of para-hydroxylation sites is 2. The summed E-state index contributed by atoms with van der Waals surface area (Å²) in [7, 11) is 0. The first-order chi connectivity index (χ1) is 21.0. The Labute approximate surface area is 258 Å². The Morgan fingerprint density at radius 2 is 1.84 bits per heavy atom. The van der Waals surface area contributed by atoms with E-state index in [2.05, 4.69) is 4.98 Å². The number of nitrogens with zero attached hydrogens (tertiary/aromatic N) is 7. The fraction of sp³-hybridized carbons (Fsp3) is 0.594. The van der Waals surface area contributed by atoms with Crippen molar-refractivity contribution in [3.63, 3.8) is 0 Å². The van der Waals surface area contributed by atoms with Crippen LogP contribution in [0.5, 0.6) is 0 Å². The summed E-state index contributed by atoms with van der Waals surface area (Å²) in [5.74, 6) is -0.513. The summed E-state index contributed by atoms with van der Waals surface area (Å²) in [4.78, 5) is 55.4. The molecule has 44 heavy (non-hydrogen) atoms. The molecule has 0 aliphatic carbocycles. The third-order valence-electron chi connectivity index (χ3n) is 8.66. The van der Waals surface area contributed by atoms with Gasteiger partial charge in [-0.15, -0.1) is 0 Å². The van der Waals surface area contributed by atoms with Crippen LogP contribution < -0.4 is 0 Å². The van der Waals surface area contributed by atoms with Crippen LogP contribution in [0.25, 0.3) is 11.0 Å². The molecule has 3 atom stereocenters. The second-order valence-electron chi connectivity index (χ2n) is 13.4. The highest BCUT2D eigenvalue weighted by atomic mass is 16.5. The van der Waals surface area contributed by atoms with E-state index in [0.717, 1.165) is 11.0 Å². The Hall–Kier alpha value is -3.93. The second-order valence-corrected chi connectivity index (χ2v) is 13.4. The average Bonchev–Trinajstić information content (AvgIpc) is 3.65. The summed E-state index contributed by atoms with van der Waals surface area (Å²) >= 11 is 0. The highest BCUT2D eigenvalue weighted by Crippen LogP contribution is 2.38. The quantitative estimate of drug-likeness (QED) is 0.414. The van der Waals surface area contributed by atoms with Crippen molar-refractivity contribution in [1.29, 1.82) is 0 Å². The Balaban J connectivity index is 1.57. The van der Waals surface area contributed by atoms with Crippen LogP contribution in [0.4, 0.5) is 4.79 Å². The molecule has 4 heterocycles. The molecule has 3 aromatic rings. The monoisotopic (exact) mass is 607 g/mol. The third kappa shape index (κ3) is 6.59. The van der Waals surface area contributed by atoms with Crippen molar-refractivity contribution in [2.45, 2.75) is 66.2 Å².